The molecule has 0 saturated heterocycles. The lowest BCUT2D eigenvalue weighted by atomic mass is 9.98. The van der Waals surface area contributed by atoms with Crippen LogP contribution in [-0.4, -0.2) is 25.2 Å². The third kappa shape index (κ3) is 3.14. The van der Waals surface area contributed by atoms with Crippen LogP contribution >= 0.6 is 0 Å². The fraction of sp³-hybridized carbons (Fsp3) is 0.278. The van der Waals surface area contributed by atoms with Crippen molar-refractivity contribution in [2.45, 2.75) is 19.4 Å². The summed E-state index contributed by atoms with van der Waals surface area (Å²) < 4.78 is 11.6. The van der Waals surface area contributed by atoms with Crippen molar-refractivity contribution in [1.29, 1.82) is 0 Å². The largest absolute Gasteiger partial charge is 0.488 e. The molecule has 1 aliphatic heterocycles. The van der Waals surface area contributed by atoms with Crippen molar-refractivity contribution in [2.75, 3.05) is 13.2 Å². The summed E-state index contributed by atoms with van der Waals surface area (Å²) in [5, 5.41) is 0. The van der Waals surface area contributed by atoms with Crippen LogP contribution in [-0.2, 0) is 11.2 Å². The second-order valence-corrected chi connectivity index (χ2v) is 5.73. The Kier molecular flexibility index (Phi) is 4.21. The van der Waals surface area contributed by atoms with Crippen LogP contribution in [0, 0.1) is 6.92 Å². The van der Waals surface area contributed by atoms with Crippen molar-refractivity contribution in [1.82, 2.24) is 0 Å². The van der Waals surface area contributed by atoms with Crippen LogP contribution in [0.15, 0.2) is 36.4 Å². The zero-order chi connectivity index (χ0) is 16.4. The SMILES string of the molecule is Cc1ccc(OCC(N)=O)c(-c2cccc3c2OC(CN)C3)c1. The number of fused-ring (bicyclic) bond motifs is 1. The number of aryl methyl sites for hydroxylation is 1. The van der Waals surface area contributed by atoms with Crippen molar-refractivity contribution in [3.8, 4) is 22.6 Å². The highest BCUT2D eigenvalue weighted by atomic mass is 16.5. The summed E-state index contributed by atoms with van der Waals surface area (Å²) >= 11 is 0. The van der Waals surface area contributed by atoms with Gasteiger partial charge in [0.2, 0.25) is 0 Å². The van der Waals surface area contributed by atoms with E-state index in [0.29, 0.717) is 12.3 Å². The molecule has 4 N–H and O–H groups in total. The predicted molar refractivity (Wildman–Crippen MR) is 88.5 cm³/mol. The molecule has 2 aromatic carbocycles. The number of ether oxygens (including phenoxy) is 2. The maximum Gasteiger partial charge on any atom is 0.255 e. The quantitative estimate of drug-likeness (QED) is 0.881. The Labute approximate surface area is 135 Å². The maximum absolute atomic E-state index is 11.0. The third-order valence-electron chi connectivity index (χ3n) is 3.89. The first-order valence-electron chi connectivity index (χ1n) is 7.59. The summed E-state index contributed by atoms with van der Waals surface area (Å²) in [5.74, 6) is 0.953. The van der Waals surface area contributed by atoms with E-state index in [9.17, 15) is 4.79 Å². The van der Waals surface area contributed by atoms with Crippen molar-refractivity contribution >= 4 is 5.91 Å². The van der Waals surface area contributed by atoms with E-state index in [4.69, 9.17) is 20.9 Å². The zero-order valence-corrected chi connectivity index (χ0v) is 13.0. The summed E-state index contributed by atoms with van der Waals surface area (Å²) in [5.41, 5.74) is 15.0. The van der Waals surface area contributed by atoms with Crippen molar-refractivity contribution < 1.29 is 14.3 Å². The topological polar surface area (TPSA) is 87.6 Å². The number of carbonyl (C=O) groups is 1. The molecule has 1 amide bonds. The minimum absolute atomic E-state index is 0.00551. The average Bonchev–Trinajstić information content (AvgIpc) is 2.96. The second kappa shape index (κ2) is 6.30. The normalized spacial score (nSPS) is 15.8. The van der Waals surface area contributed by atoms with Gasteiger partial charge in [0.1, 0.15) is 17.6 Å². The fourth-order valence-corrected chi connectivity index (χ4v) is 2.81. The van der Waals surface area contributed by atoms with Gasteiger partial charge in [-0.2, -0.15) is 0 Å². The summed E-state index contributed by atoms with van der Waals surface area (Å²) in [6.45, 7) is 2.33. The summed E-state index contributed by atoms with van der Waals surface area (Å²) in [4.78, 5) is 11.0. The minimum Gasteiger partial charge on any atom is -0.488 e. The zero-order valence-electron chi connectivity index (χ0n) is 13.0. The summed E-state index contributed by atoms with van der Waals surface area (Å²) in [7, 11) is 0. The highest BCUT2D eigenvalue weighted by molar-refractivity contribution is 5.79. The van der Waals surface area contributed by atoms with Gasteiger partial charge < -0.3 is 20.9 Å². The Hall–Kier alpha value is -2.53. The van der Waals surface area contributed by atoms with E-state index in [1.54, 1.807) is 0 Å². The smallest absolute Gasteiger partial charge is 0.255 e. The predicted octanol–water partition coefficient (Wildman–Crippen LogP) is 1.79. The van der Waals surface area contributed by atoms with Crippen molar-refractivity contribution in [3.05, 3.63) is 47.5 Å². The highest BCUT2D eigenvalue weighted by Crippen LogP contribution is 2.42. The molecule has 23 heavy (non-hydrogen) atoms. The average molecular weight is 312 g/mol. The monoisotopic (exact) mass is 312 g/mol. The van der Waals surface area contributed by atoms with Gasteiger partial charge in [-0.15, -0.1) is 0 Å². The number of amides is 1. The Balaban J connectivity index is 2.04. The Morgan fingerprint density at radius 1 is 1.30 bits per heavy atom. The number of hydrogen-bond donors (Lipinski definition) is 2. The molecule has 0 aromatic heterocycles. The molecule has 0 radical (unpaired) electrons. The second-order valence-electron chi connectivity index (χ2n) is 5.73. The van der Waals surface area contributed by atoms with Crippen LogP contribution in [0.5, 0.6) is 11.5 Å². The van der Waals surface area contributed by atoms with E-state index < -0.39 is 5.91 Å². The molecule has 1 aliphatic rings. The Morgan fingerprint density at radius 2 is 2.13 bits per heavy atom. The molecule has 5 nitrogen and oxygen atoms in total. The van der Waals surface area contributed by atoms with Crippen LogP contribution in [0.2, 0.25) is 0 Å². The van der Waals surface area contributed by atoms with E-state index in [2.05, 4.69) is 0 Å². The lowest BCUT2D eigenvalue weighted by Crippen LogP contribution is -2.24. The van der Waals surface area contributed by atoms with Gasteiger partial charge in [0.25, 0.3) is 5.91 Å². The number of hydrogen-bond acceptors (Lipinski definition) is 4. The van der Waals surface area contributed by atoms with Crippen LogP contribution in [0.1, 0.15) is 11.1 Å². The number of carbonyl (C=O) groups excluding carboxylic acids is 1. The van der Waals surface area contributed by atoms with Gasteiger partial charge in [-0.1, -0.05) is 29.8 Å². The van der Waals surface area contributed by atoms with Gasteiger partial charge in [0, 0.05) is 24.1 Å². The van der Waals surface area contributed by atoms with Crippen molar-refractivity contribution in [3.63, 3.8) is 0 Å². The van der Waals surface area contributed by atoms with E-state index in [1.807, 2.05) is 43.3 Å². The Morgan fingerprint density at radius 3 is 2.87 bits per heavy atom. The lowest BCUT2D eigenvalue weighted by molar-refractivity contribution is -0.119. The van der Waals surface area contributed by atoms with E-state index in [1.165, 1.54) is 0 Å². The number of rotatable bonds is 5. The molecule has 0 spiro atoms. The van der Waals surface area contributed by atoms with Gasteiger partial charge >= 0.3 is 0 Å². The molecule has 120 valence electrons. The van der Waals surface area contributed by atoms with E-state index in [-0.39, 0.29) is 12.7 Å². The minimum atomic E-state index is -0.505. The maximum atomic E-state index is 11.0. The molecule has 1 atom stereocenters. The Bertz CT molecular complexity index is 743. The summed E-state index contributed by atoms with van der Waals surface area (Å²) in [6.07, 6.45) is 0.814. The summed E-state index contributed by atoms with van der Waals surface area (Å²) in [6, 6.07) is 11.8. The number of benzene rings is 2. The molecule has 5 heteroatoms. The number of para-hydroxylation sites is 1. The lowest BCUT2D eigenvalue weighted by Gasteiger charge is -2.15. The molecular weight excluding hydrogens is 292 g/mol. The third-order valence-corrected chi connectivity index (χ3v) is 3.89. The van der Waals surface area contributed by atoms with Crippen LogP contribution < -0.4 is 20.9 Å². The van der Waals surface area contributed by atoms with E-state index >= 15 is 0 Å². The molecule has 1 unspecified atom stereocenters. The van der Waals surface area contributed by atoms with Gasteiger partial charge in [-0.3, -0.25) is 4.79 Å². The van der Waals surface area contributed by atoms with Gasteiger partial charge in [-0.05, 0) is 24.6 Å². The van der Waals surface area contributed by atoms with Gasteiger partial charge in [0.15, 0.2) is 6.61 Å². The molecule has 3 rings (SSSR count). The van der Waals surface area contributed by atoms with Crippen molar-refractivity contribution in [2.24, 2.45) is 11.5 Å². The van der Waals surface area contributed by atoms with Crippen LogP contribution in [0.25, 0.3) is 11.1 Å². The molecule has 0 bridgehead atoms. The first-order valence-corrected chi connectivity index (χ1v) is 7.59. The van der Waals surface area contributed by atoms with Crippen LogP contribution in [0.3, 0.4) is 0 Å². The molecule has 0 aliphatic carbocycles. The first kappa shape index (κ1) is 15.4. The highest BCUT2D eigenvalue weighted by Gasteiger charge is 2.25. The number of primary amides is 1. The van der Waals surface area contributed by atoms with Crippen LogP contribution in [0.4, 0.5) is 0 Å². The molecule has 2 aromatic rings. The molecular formula is C18H20N2O3. The van der Waals surface area contributed by atoms with E-state index in [0.717, 1.165) is 34.4 Å². The molecule has 0 fully saturated rings. The molecule has 1 heterocycles. The number of nitrogens with two attached hydrogens (primary N) is 2. The molecule has 0 saturated carbocycles. The van der Waals surface area contributed by atoms with Gasteiger partial charge in [0.05, 0.1) is 0 Å². The first-order chi connectivity index (χ1) is 11.1. The fourth-order valence-electron chi connectivity index (χ4n) is 2.81. The van der Waals surface area contributed by atoms with Gasteiger partial charge in [-0.25, -0.2) is 0 Å². The standard InChI is InChI=1S/C18H20N2O3/c1-11-5-6-16(22-10-17(20)21)15(7-11)14-4-2-3-12-8-13(9-19)23-18(12)14/h2-7,13H,8-10,19H2,1H3,(H2,20,21).